The summed E-state index contributed by atoms with van der Waals surface area (Å²) in [5, 5.41) is 2.69. The third kappa shape index (κ3) is 3.81. The van der Waals surface area contributed by atoms with Crippen molar-refractivity contribution in [2.45, 2.75) is 19.4 Å². The second kappa shape index (κ2) is 5.14. The van der Waals surface area contributed by atoms with Crippen molar-refractivity contribution in [3.63, 3.8) is 0 Å². The molecule has 1 rings (SSSR count). The Balaban J connectivity index is 2.81. The van der Waals surface area contributed by atoms with Crippen LogP contribution in [0.2, 0.25) is 0 Å². The van der Waals surface area contributed by atoms with Gasteiger partial charge in [0.05, 0.1) is 12.5 Å². The van der Waals surface area contributed by atoms with Gasteiger partial charge in [0, 0.05) is 6.92 Å². The lowest BCUT2D eigenvalue weighted by atomic mass is 10.0. The van der Waals surface area contributed by atoms with Crippen molar-refractivity contribution in [2.75, 3.05) is 0 Å². The van der Waals surface area contributed by atoms with Crippen LogP contribution >= 0.6 is 0 Å². The molecule has 2 amide bonds. The van der Waals surface area contributed by atoms with Crippen LogP contribution in [0.1, 0.15) is 24.9 Å². The van der Waals surface area contributed by atoms with E-state index >= 15 is 0 Å². The number of nitrogens with two attached hydrogens (primary N) is 1. The van der Waals surface area contributed by atoms with Gasteiger partial charge < -0.3 is 11.1 Å². The number of hydrogen-bond acceptors (Lipinski definition) is 2. The van der Waals surface area contributed by atoms with E-state index < -0.39 is 5.91 Å². The molecule has 0 radical (unpaired) electrons. The normalized spacial score (nSPS) is 11.8. The van der Waals surface area contributed by atoms with E-state index in [1.807, 2.05) is 30.3 Å². The summed E-state index contributed by atoms with van der Waals surface area (Å²) in [5.41, 5.74) is 6.00. The number of amides is 2. The maximum absolute atomic E-state index is 10.9. The molecule has 0 aliphatic carbocycles. The fourth-order valence-electron chi connectivity index (χ4n) is 1.38. The van der Waals surface area contributed by atoms with Crippen LogP contribution in [0, 0.1) is 0 Å². The Kier molecular flexibility index (Phi) is 3.85. The van der Waals surface area contributed by atoms with Crippen LogP contribution in [-0.4, -0.2) is 11.8 Å². The van der Waals surface area contributed by atoms with Crippen molar-refractivity contribution in [2.24, 2.45) is 5.73 Å². The molecule has 1 aromatic carbocycles. The van der Waals surface area contributed by atoms with Crippen molar-refractivity contribution in [3.05, 3.63) is 35.9 Å². The Labute approximate surface area is 88.5 Å². The Hall–Kier alpha value is -1.84. The van der Waals surface area contributed by atoms with Crippen LogP contribution in [-0.2, 0) is 9.59 Å². The lowest BCUT2D eigenvalue weighted by molar-refractivity contribution is -0.121. The molecule has 80 valence electrons. The zero-order valence-electron chi connectivity index (χ0n) is 8.57. The molecule has 4 heteroatoms. The van der Waals surface area contributed by atoms with Crippen LogP contribution < -0.4 is 11.1 Å². The van der Waals surface area contributed by atoms with Gasteiger partial charge in [0.15, 0.2) is 0 Å². The van der Waals surface area contributed by atoms with E-state index in [-0.39, 0.29) is 18.4 Å². The van der Waals surface area contributed by atoms with Crippen molar-refractivity contribution in [1.82, 2.24) is 5.32 Å². The van der Waals surface area contributed by atoms with E-state index in [1.165, 1.54) is 6.92 Å². The summed E-state index contributed by atoms with van der Waals surface area (Å²) in [6, 6.07) is 8.95. The number of carbonyl (C=O) groups excluding carboxylic acids is 2. The van der Waals surface area contributed by atoms with E-state index in [9.17, 15) is 9.59 Å². The fraction of sp³-hybridized carbons (Fsp3) is 0.273. The summed E-state index contributed by atoms with van der Waals surface area (Å²) in [5.74, 6) is -0.609. The van der Waals surface area contributed by atoms with Crippen LogP contribution in [0.15, 0.2) is 30.3 Å². The number of nitrogens with one attached hydrogen (secondary N) is 1. The molecule has 0 aliphatic heterocycles. The summed E-state index contributed by atoms with van der Waals surface area (Å²) >= 11 is 0. The molecule has 0 saturated heterocycles. The van der Waals surface area contributed by atoms with E-state index in [0.717, 1.165) is 5.56 Å². The number of benzene rings is 1. The summed E-state index contributed by atoms with van der Waals surface area (Å²) in [6.07, 6.45) is 0.115. The SMILES string of the molecule is CC(=O)NC(CC(N)=O)c1ccccc1. The van der Waals surface area contributed by atoms with Crippen LogP contribution in [0.4, 0.5) is 0 Å². The number of carbonyl (C=O) groups is 2. The molecule has 1 atom stereocenters. The first-order chi connectivity index (χ1) is 7.09. The zero-order chi connectivity index (χ0) is 11.3. The first-order valence-corrected chi connectivity index (χ1v) is 4.70. The lowest BCUT2D eigenvalue weighted by Crippen LogP contribution is -2.29. The molecular formula is C11H14N2O2. The molecule has 1 aromatic rings. The Morgan fingerprint density at radius 3 is 2.40 bits per heavy atom. The van der Waals surface area contributed by atoms with Gasteiger partial charge in [0.2, 0.25) is 11.8 Å². The topological polar surface area (TPSA) is 72.2 Å². The number of primary amides is 1. The Bertz CT molecular complexity index is 333. The highest BCUT2D eigenvalue weighted by Gasteiger charge is 2.14. The van der Waals surface area contributed by atoms with Gasteiger partial charge >= 0.3 is 0 Å². The summed E-state index contributed by atoms with van der Waals surface area (Å²) < 4.78 is 0. The van der Waals surface area contributed by atoms with Gasteiger partial charge in [-0.2, -0.15) is 0 Å². The molecule has 0 fully saturated rings. The Morgan fingerprint density at radius 2 is 1.93 bits per heavy atom. The molecule has 0 aliphatic rings. The first-order valence-electron chi connectivity index (χ1n) is 4.70. The van der Waals surface area contributed by atoms with Gasteiger partial charge in [0.1, 0.15) is 0 Å². The second-order valence-corrected chi connectivity index (χ2v) is 3.33. The Morgan fingerprint density at radius 1 is 1.33 bits per heavy atom. The minimum atomic E-state index is -0.433. The van der Waals surface area contributed by atoms with Crippen molar-refractivity contribution in [1.29, 1.82) is 0 Å². The van der Waals surface area contributed by atoms with Gasteiger partial charge in [-0.1, -0.05) is 30.3 Å². The van der Waals surface area contributed by atoms with E-state index in [0.29, 0.717) is 0 Å². The molecule has 0 saturated carbocycles. The maximum atomic E-state index is 10.9. The molecule has 15 heavy (non-hydrogen) atoms. The third-order valence-corrected chi connectivity index (χ3v) is 1.98. The number of hydrogen-bond donors (Lipinski definition) is 2. The van der Waals surface area contributed by atoms with Crippen LogP contribution in [0.5, 0.6) is 0 Å². The quantitative estimate of drug-likeness (QED) is 0.762. The predicted octanol–water partition coefficient (Wildman–Crippen LogP) is 0.739. The maximum Gasteiger partial charge on any atom is 0.219 e. The lowest BCUT2D eigenvalue weighted by Gasteiger charge is -2.16. The summed E-state index contributed by atoms with van der Waals surface area (Å²) in [7, 11) is 0. The van der Waals surface area contributed by atoms with Gasteiger partial charge in [-0.15, -0.1) is 0 Å². The monoisotopic (exact) mass is 206 g/mol. The molecule has 0 bridgehead atoms. The molecule has 4 nitrogen and oxygen atoms in total. The third-order valence-electron chi connectivity index (χ3n) is 1.98. The van der Waals surface area contributed by atoms with Crippen LogP contribution in [0.25, 0.3) is 0 Å². The molecule has 0 heterocycles. The molecular weight excluding hydrogens is 192 g/mol. The first kappa shape index (κ1) is 11.2. The minimum absolute atomic E-state index is 0.115. The minimum Gasteiger partial charge on any atom is -0.370 e. The summed E-state index contributed by atoms with van der Waals surface area (Å²) in [4.78, 5) is 21.8. The predicted molar refractivity (Wildman–Crippen MR) is 56.8 cm³/mol. The number of rotatable bonds is 4. The van der Waals surface area contributed by atoms with Gasteiger partial charge in [-0.05, 0) is 5.56 Å². The summed E-state index contributed by atoms with van der Waals surface area (Å²) in [6.45, 7) is 1.41. The molecule has 1 unspecified atom stereocenters. The molecule has 0 spiro atoms. The fourth-order valence-corrected chi connectivity index (χ4v) is 1.38. The molecule has 3 N–H and O–H groups in total. The average Bonchev–Trinajstić information content (AvgIpc) is 2.17. The zero-order valence-corrected chi connectivity index (χ0v) is 8.57. The second-order valence-electron chi connectivity index (χ2n) is 3.33. The van der Waals surface area contributed by atoms with E-state index in [1.54, 1.807) is 0 Å². The van der Waals surface area contributed by atoms with E-state index in [2.05, 4.69) is 5.32 Å². The van der Waals surface area contributed by atoms with Gasteiger partial charge in [-0.25, -0.2) is 0 Å². The molecule has 0 aromatic heterocycles. The van der Waals surface area contributed by atoms with E-state index in [4.69, 9.17) is 5.73 Å². The highest BCUT2D eigenvalue weighted by atomic mass is 16.2. The van der Waals surface area contributed by atoms with Crippen molar-refractivity contribution < 1.29 is 9.59 Å². The smallest absolute Gasteiger partial charge is 0.219 e. The highest BCUT2D eigenvalue weighted by molar-refractivity contribution is 5.77. The average molecular weight is 206 g/mol. The largest absolute Gasteiger partial charge is 0.370 e. The van der Waals surface area contributed by atoms with Gasteiger partial charge in [-0.3, -0.25) is 9.59 Å². The van der Waals surface area contributed by atoms with Crippen LogP contribution in [0.3, 0.4) is 0 Å². The van der Waals surface area contributed by atoms with Gasteiger partial charge in [0.25, 0.3) is 0 Å². The van der Waals surface area contributed by atoms with Crippen molar-refractivity contribution >= 4 is 11.8 Å². The van der Waals surface area contributed by atoms with Crippen molar-refractivity contribution in [3.8, 4) is 0 Å². The highest BCUT2D eigenvalue weighted by Crippen LogP contribution is 2.15. The standard InChI is InChI=1S/C11H14N2O2/c1-8(14)13-10(7-11(12)15)9-5-3-2-4-6-9/h2-6,10H,7H2,1H3,(H2,12,15)(H,13,14).